The highest BCUT2D eigenvalue weighted by Gasteiger charge is 2.28. The molecule has 0 aliphatic carbocycles. The molecule has 3 aromatic rings. The zero-order chi connectivity index (χ0) is 19.5. The summed E-state index contributed by atoms with van der Waals surface area (Å²) in [5, 5.41) is 17.2. The smallest absolute Gasteiger partial charge is 0.261 e. The lowest BCUT2D eigenvalue weighted by Gasteiger charge is -2.24. The fraction of sp³-hybridized carbons (Fsp3) is 0.333. The van der Waals surface area contributed by atoms with Crippen molar-refractivity contribution < 1.29 is 9.90 Å². The molecule has 2 N–H and O–H groups in total. The van der Waals surface area contributed by atoms with E-state index in [0.717, 1.165) is 41.9 Å². The number of likely N-dealkylation sites (tertiary alicyclic amines) is 1. The Morgan fingerprint density at radius 1 is 1.32 bits per heavy atom. The average Bonchev–Trinajstić information content (AvgIpc) is 3.42. The van der Waals surface area contributed by atoms with E-state index in [9.17, 15) is 9.90 Å². The second-order valence-electron chi connectivity index (χ2n) is 7.16. The molecule has 4 rings (SSSR count). The molecular formula is C21H24N4O2S. The Kier molecular flexibility index (Phi) is 5.45. The molecule has 1 amide bonds. The van der Waals surface area contributed by atoms with Crippen LogP contribution < -0.4 is 5.32 Å². The van der Waals surface area contributed by atoms with Crippen molar-refractivity contribution >= 4 is 17.2 Å². The summed E-state index contributed by atoms with van der Waals surface area (Å²) in [6, 6.07) is 11.8. The SMILES string of the molecule is Cn1cc(CNC(=O)c2ccc(C3CCCN3Cc3ccccc3O)s2)cn1. The van der Waals surface area contributed by atoms with Crippen molar-refractivity contribution in [1.29, 1.82) is 0 Å². The number of rotatable bonds is 6. The monoisotopic (exact) mass is 396 g/mol. The molecule has 1 fully saturated rings. The van der Waals surface area contributed by atoms with Gasteiger partial charge in [-0.3, -0.25) is 14.4 Å². The number of carbonyl (C=O) groups excluding carboxylic acids is 1. The second kappa shape index (κ2) is 8.16. The number of amides is 1. The quantitative estimate of drug-likeness (QED) is 0.670. The van der Waals surface area contributed by atoms with Crippen LogP contribution in [0.25, 0.3) is 0 Å². The number of carbonyl (C=O) groups is 1. The molecule has 6 nitrogen and oxygen atoms in total. The largest absolute Gasteiger partial charge is 0.508 e. The first-order chi connectivity index (χ1) is 13.6. The second-order valence-corrected chi connectivity index (χ2v) is 8.28. The van der Waals surface area contributed by atoms with Gasteiger partial charge in [0.2, 0.25) is 0 Å². The Morgan fingerprint density at radius 2 is 2.18 bits per heavy atom. The van der Waals surface area contributed by atoms with Crippen LogP contribution >= 0.6 is 11.3 Å². The normalized spacial score (nSPS) is 17.1. The summed E-state index contributed by atoms with van der Waals surface area (Å²) in [6.45, 7) is 2.19. The number of thiophene rings is 1. The van der Waals surface area contributed by atoms with Gasteiger partial charge in [-0.2, -0.15) is 5.10 Å². The molecule has 1 atom stereocenters. The van der Waals surface area contributed by atoms with Gasteiger partial charge < -0.3 is 10.4 Å². The van der Waals surface area contributed by atoms with Crippen LogP contribution in [-0.4, -0.2) is 32.2 Å². The van der Waals surface area contributed by atoms with E-state index in [2.05, 4.69) is 21.4 Å². The number of phenolic OH excluding ortho intramolecular Hbond substituents is 1. The van der Waals surface area contributed by atoms with Gasteiger partial charge in [-0.05, 0) is 37.6 Å². The van der Waals surface area contributed by atoms with Crippen molar-refractivity contribution in [2.24, 2.45) is 7.05 Å². The van der Waals surface area contributed by atoms with Crippen molar-refractivity contribution in [3.05, 3.63) is 69.7 Å². The minimum absolute atomic E-state index is 0.0506. The number of nitrogens with one attached hydrogen (secondary N) is 1. The number of hydrogen-bond donors (Lipinski definition) is 2. The first kappa shape index (κ1) is 18.7. The summed E-state index contributed by atoms with van der Waals surface area (Å²) in [5.74, 6) is 0.292. The Balaban J connectivity index is 1.41. The molecule has 1 unspecified atom stereocenters. The first-order valence-electron chi connectivity index (χ1n) is 9.46. The van der Waals surface area contributed by atoms with Crippen LogP contribution in [0.2, 0.25) is 0 Å². The fourth-order valence-corrected chi connectivity index (χ4v) is 4.78. The van der Waals surface area contributed by atoms with Gasteiger partial charge in [0, 0.05) is 48.4 Å². The van der Waals surface area contributed by atoms with Gasteiger partial charge in [-0.1, -0.05) is 18.2 Å². The van der Waals surface area contributed by atoms with Crippen LogP contribution in [0.4, 0.5) is 0 Å². The zero-order valence-corrected chi connectivity index (χ0v) is 16.7. The van der Waals surface area contributed by atoms with E-state index in [0.29, 0.717) is 18.3 Å². The van der Waals surface area contributed by atoms with Crippen LogP contribution in [-0.2, 0) is 20.1 Å². The van der Waals surface area contributed by atoms with Crippen LogP contribution in [0.15, 0.2) is 48.8 Å². The van der Waals surface area contributed by atoms with Gasteiger partial charge in [0.05, 0.1) is 11.1 Å². The first-order valence-corrected chi connectivity index (χ1v) is 10.3. The predicted octanol–water partition coefficient (Wildman–Crippen LogP) is 3.45. The molecule has 1 aliphatic heterocycles. The number of hydrogen-bond acceptors (Lipinski definition) is 5. The number of para-hydroxylation sites is 1. The number of aryl methyl sites for hydroxylation is 1. The average molecular weight is 397 g/mol. The van der Waals surface area contributed by atoms with E-state index in [-0.39, 0.29) is 5.91 Å². The number of nitrogens with zero attached hydrogens (tertiary/aromatic N) is 3. The highest BCUT2D eigenvalue weighted by molar-refractivity contribution is 7.14. The van der Waals surface area contributed by atoms with Gasteiger partial charge in [-0.15, -0.1) is 11.3 Å². The molecule has 1 saturated heterocycles. The molecule has 146 valence electrons. The molecule has 0 radical (unpaired) electrons. The summed E-state index contributed by atoms with van der Waals surface area (Å²) in [6.07, 6.45) is 5.86. The number of aromatic hydroxyl groups is 1. The van der Waals surface area contributed by atoms with Crippen LogP contribution in [0, 0.1) is 0 Å². The molecule has 1 aliphatic rings. The topological polar surface area (TPSA) is 70.4 Å². The molecule has 0 bridgehead atoms. The molecular weight excluding hydrogens is 372 g/mol. The van der Waals surface area contributed by atoms with E-state index in [4.69, 9.17) is 0 Å². The van der Waals surface area contributed by atoms with E-state index in [1.807, 2.05) is 37.5 Å². The van der Waals surface area contributed by atoms with Crippen molar-refractivity contribution in [2.75, 3.05) is 6.54 Å². The number of benzene rings is 1. The standard InChI is InChI=1S/C21H24N4O2S/c1-24-13-15(12-23-24)11-22-21(27)20-9-8-19(28-20)17-6-4-10-25(17)14-16-5-2-3-7-18(16)26/h2-3,5,7-9,12-13,17,26H,4,6,10-11,14H2,1H3,(H,22,27). The van der Waals surface area contributed by atoms with Gasteiger partial charge in [-0.25, -0.2) is 0 Å². The fourth-order valence-electron chi connectivity index (χ4n) is 3.69. The van der Waals surface area contributed by atoms with Crippen LogP contribution in [0.3, 0.4) is 0 Å². The zero-order valence-electron chi connectivity index (χ0n) is 15.8. The third kappa shape index (κ3) is 4.10. The highest BCUT2D eigenvalue weighted by atomic mass is 32.1. The van der Waals surface area contributed by atoms with Gasteiger partial charge in [0.1, 0.15) is 5.75 Å². The Hall–Kier alpha value is -2.64. The van der Waals surface area contributed by atoms with Gasteiger partial charge >= 0.3 is 0 Å². The minimum Gasteiger partial charge on any atom is -0.508 e. The molecule has 28 heavy (non-hydrogen) atoms. The van der Waals surface area contributed by atoms with Crippen molar-refractivity contribution in [2.45, 2.75) is 32.0 Å². The predicted molar refractivity (Wildman–Crippen MR) is 109 cm³/mol. The molecule has 2 aromatic heterocycles. The van der Waals surface area contributed by atoms with Crippen LogP contribution in [0.5, 0.6) is 5.75 Å². The Morgan fingerprint density at radius 3 is 2.96 bits per heavy atom. The maximum absolute atomic E-state index is 12.5. The van der Waals surface area contributed by atoms with E-state index >= 15 is 0 Å². The van der Waals surface area contributed by atoms with Crippen molar-refractivity contribution in [1.82, 2.24) is 20.0 Å². The number of aromatic nitrogens is 2. The third-order valence-electron chi connectivity index (χ3n) is 5.12. The van der Waals surface area contributed by atoms with Gasteiger partial charge in [0.25, 0.3) is 5.91 Å². The van der Waals surface area contributed by atoms with Crippen molar-refractivity contribution in [3.8, 4) is 5.75 Å². The molecule has 7 heteroatoms. The van der Waals surface area contributed by atoms with Gasteiger partial charge in [0.15, 0.2) is 0 Å². The minimum atomic E-state index is -0.0506. The summed E-state index contributed by atoms with van der Waals surface area (Å²) in [4.78, 5) is 16.8. The maximum Gasteiger partial charge on any atom is 0.261 e. The van der Waals surface area contributed by atoms with E-state index < -0.39 is 0 Å². The summed E-state index contributed by atoms with van der Waals surface area (Å²) in [5.41, 5.74) is 1.93. The lowest BCUT2D eigenvalue weighted by molar-refractivity contribution is 0.0955. The molecule has 3 heterocycles. The third-order valence-corrected chi connectivity index (χ3v) is 6.30. The summed E-state index contributed by atoms with van der Waals surface area (Å²) < 4.78 is 1.73. The molecule has 1 aromatic carbocycles. The Labute approximate surface area is 168 Å². The lowest BCUT2D eigenvalue weighted by atomic mass is 10.1. The molecule has 0 saturated carbocycles. The van der Waals surface area contributed by atoms with Crippen LogP contribution in [0.1, 0.15) is 44.6 Å². The maximum atomic E-state index is 12.5. The summed E-state index contributed by atoms with van der Waals surface area (Å²) in [7, 11) is 1.86. The highest BCUT2D eigenvalue weighted by Crippen LogP contribution is 2.37. The summed E-state index contributed by atoms with van der Waals surface area (Å²) >= 11 is 1.56. The molecule has 0 spiro atoms. The Bertz CT molecular complexity index is 965. The number of phenols is 1. The van der Waals surface area contributed by atoms with E-state index in [1.165, 1.54) is 4.88 Å². The lowest BCUT2D eigenvalue weighted by Crippen LogP contribution is -2.22. The van der Waals surface area contributed by atoms with Crippen molar-refractivity contribution in [3.63, 3.8) is 0 Å². The van der Waals surface area contributed by atoms with E-state index in [1.54, 1.807) is 28.3 Å².